The number of aromatic amines is 1. The molecule has 8 heteroatoms. The SMILES string of the molecule is CC(NC(=S)N(CCCN(C)C)Cc1cc2cc3c(cc2[nH]c1=O)OCCO3)c1ccccc1. The zero-order valence-electron chi connectivity index (χ0n) is 20.0. The third-order valence-corrected chi connectivity index (χ3v) is 6.28. The molecule has 0 spiro atoms. The highest BCUT2D eigenvalue weighted by atomic mass is 32.1. The minimum Gasteiger partial charge on any atom is -0.486 e. The standard InChI is InChI=1S/C26H32N4O3S/c1-18(19-8-5-4-6-9-19)27-26(34)30(11-7-10-29(2)3)17-21-14-20-15-23-24(33-13-12-32-23)16-22(20)28-25(21)31/h4-6,8-9,14-16,18H,7,10-13,17H2,1-3H3,(H,27,34)(H,28,31). The van der Waals surface area contributed by atoms with Crippen LogP contribution in [0, 0.1) is 0 Å². The number of hydrogen-bond donors (Lipinski definition) is 2. The van der Waals surface area contributed by atoms with Gasteiger partial charge in [-0.1, -0.05) is 30.3 Å². The van der Waals surface area contributed by atoms with E-state index in [1.807, 2.05) is 36.4 Å². The second-order valence-corrected chi connectivity index (χ2v) is 9.25. The van der Waals surface area contributed by atoms with Crippen LogP contribution in [0.4, 0.5) is 0 Å². The second-order valence-electron chi connectivity index (χ2n) is 8.87. The smallest absolute Gasteiger partial charge is 0.253 e. The van der Waals surface area contributed by atoms with E-state index in [9.17, 15) is 4.79 Å². The topological polar surface area (TPSA) is 69.8 Å². The zero-order chi connectivity index (χ0) is 24.1. The maximum atomic E-state index is 13.0. The molecule has 1 aliphatic heterocycles. The van der Waals surface area contributed by atoms with Crippen LogP contribution in [0.1, 0.15) is 30.5 Å². The van der Waals surface area contributed by atoms with Gasteiger partial charge in [0.05, 0.1) is 18.1 Å². The van der Waals surface area contributed by atoms with Crippen LogP contribution in [0.2, 0.25) is 0 Å². The average Bonchev–Trinajstić information content (AvgIpc) is 2.82. The lowest BCUT2D eigenvalue weighted by Gasteiger charge is -2.29. The van der Waals surface area contributed by atoms with Gasteiger partial charge in [0.15, 0.2) is 16.6 Å². The minimum atomic E-state index is -0.124. The molecule has 180 valence electrons. The lowest BCUT2D eigenvalue weighted by atomic mass is 10.1. The Labute approximate surface area is 205 Å². The Morgan fingerprint density at radius 2 is 1.79 bits per heavy atom. The van der Waals surface area contributed by atoms with Crippen molar-refractivity contribution >= 4 is 28.2 Å². The molecule has 2 N–H and O–H groups in total. The number of nitrogens with one attached hydrogen (secondary N) is 2. The van der Waals surface area contributed by atoms with Crippen LogP contribution < -0.4 is 20.3 Å². The number of thiocarbonyl (C=S) groups is 1. The Hall–Kier alpha value is -3.10. The van der Waals surface area contributed by atoms with Gasteiger partial charge in [-0.25, -0.2) is 0 Å². The third kappa shape index (κ3) is 5.87. The minimum absolute atomic E-state index is 0.0589. The summed E-state index contributed by atoms with van der Waals surface area (Å²) < 4.78 is 11.4. The number of ether oxygens (including phenoxy) is 2. The molecule has 0 amide bonds. The van der Waals surface area contributed by atoms with Gasteiger partial charge in [-0.3, -0.25) is 4.79 Å². The van der Waals surface area contributed by atoms with E-state index in [0.717, 1.165) is 36.0 Å². The summed E-state index contributed by atoms with van der Waals surface area (Å²) in [5.41, 5.74) is 2.43. The van der Waals surface area contributed by atoms with E-state index >= 15 is 0 Å². The van der Waals surface area contributed by atoms with Gasteiger partial charge in [-0.15, -0.1) is 0 Å². The Bertz CT molecular complexity index is 1200. The zero-order valence-corrected chi connectivity index (χ0v) is 20.8. The third-order valence-electron chi connectivity index (χ3n) is 5.91. The number of benzene rings is 2. The maximum Gasteiger partial charge on any atom is 0.253 e. The summed E-state index contributed by atoms with van der Waals surface area (Å²) in [6, 6.07) is 15.9. The monoisotopic (exact) mass is 480 g/mol. The quantitative estimate of drug-likeness (QED) is 0.477. The Morgan fingerprint density at radius 3 is 2.50 bits per heavy atom. The van der Waals surface area contributed by atoms with Gasteiger partial charge >= 0.3 is 0 Å². The van der Waals surface area contributed by atoms with Gasteiger partial charge in [0.1, 0.15) is 13.2 Å². The molecule has 1 aliphatic rings. The van der Waals surface area contributed by atoms with E-state index in [4.69, 9.17) is 21.7 Å². The predicted molar refractivity (Wildman–Crippen MR) is 140 cm³/mol. The van der Waals surface area contributed by atoms with Crippen molar-refractivity contribution in [1.82, 2.24) is 20.1 Å². The van der Waals surface area contributed by atoms with Crippen LogP contribution in [0.25, 0.3) is 10.9 Å². The van der Waals surface area contributed by atoms with E-state index in [1.54, 1.807) is 0 Å². The van der Waals surface area contributed by atoms with Crippen LogP contribution in [0.5, 0.6) is 11.5 Å². The van der Waals surface area contributed by atoms with E-state index < -0.39 is 0 Å². The molecule has 0 saturated carbocycles. The Kier molecular flexibility index (Phi) is 7.70. The largest absolute Gasteiger partial charge is 0.486 e. The van der Waals surface area contributed by atoms with Gasteiger partial charge < -0.3 is 29.6 Å². The van der Waals surface area contributed by atoms with Gasteiger partial charge in [-0.05, 0) is 63.9 Å². The van der Waals surface area contributed by atoms with Crippen LogP contribution in [0.15, 0.2) is 53.3 Å². The first-order valence-electron chi connectivity index (χ1n) is 11.6. The molecule has 2 aromatic carbocycles. The number of nitrogens with zero attached hydrogens (tertiary/aromatic N) is 2. The molecule has 0 saturated heterocycles. The lowest BCUT2D eigenvalue weighted by Crippen LogP contribution is -2.42. The highest BCUT2D eigenvalue weighted by molar-refractivity contribution is 7.80. The first-order valence-corrected chi connectivity index (χ1v) is 12.0. The highest BCUT2D eigenvalue weighted by Crippen LogP contribution is 2.33. The van der Waals surface area contributed by atoms with E-state index in [1.165, 1.54) is 0 Å². The Morgan fingerprint density at radius 1 is 1.09 bits per heavy atom. The van der Waals surface area contributed by atoms with Crippen molar-refractivity contribution in [3.63, 3.8) is 0 Å². The number of hydrogen-bond acceptors (Lipinski definition) is 5. The molecule has 0 bridgehead atoms. The van der Waals surface area contributed by atoms with Crippen LogP contribution >= 0.6 is 12.2 Å². The fourth-order valence-electron chi connectivity index (χ4n) is 4.04. The van der Waals surface area contributed by atoms with Crippen molar-refractivity contribution in [2.45, 2.75) is 25.9 Å². The van der Waals surface area contributed by atoms with Crippen molar-refractivity contribution in [3.05, 3.63) is 70.0 Å². The number of aromatic nitrogens is 1. The molecular formula is C26H32N4O3S. The lowest BCUT2D eigenvalue weighted by molar-refractivity contribution is 0.172. The second kappa shape index (κ2) is 10.9. The summed E-state index contributed by atoms with van der Waals surface area (Å²) in [6.07, 6.45) is 0.929. The first kappa shape index (κ1) is 24.0. The number of rotatable bonds is 8. The molecule has 34 heavy (non-hydrogen) atoms. The molecule has 2 heterocycles. The van der Waals surface area contributed by atoms with Crippen molar-refractivity contribution in [2.24, 2.45) is 0 Å². The predicted octanol–water partition coefficient (Wildman–Crippen LogP) is 3.69. The van der Waals surface area contributed by atoms with Crippen LogP contribution in [-0.2, 0) is 6.54 Å². The first-order chi connectivity index (χ1) is 16.4. The van der Waals surface area contributed by atoms with Gasteiger partial charge in [0.2, 0.25) is 0 Å². The number of pyridine rings is 1. The molecule has 0 aliphatic carbocycles. The molecule has 0 radical (unpaired) electrons. The van der Waals surface area contributed by atoms with E-state index in [-0.39, 0.29) is 11.6 Å². The normalized spacial score (nSPS) is 13.6. The fourth-order valence-corrected chi connectivity index (χ4v) is 4.38. The molecular weight excluding hydrogens is 448 g/mol. The number of fused-ring (bicyclic) bond motifs is 2. The van der Waals surface area contributed by atoms with Crippen LogP contribution in [0.3, 0.4) is 0 Å². The summed E-state index contributed by atoms with van der Waals surface area (Å²) in [7, 11) is 4.11. The molecule has 1 atom stereocenters. The van der Waals surface area contributed by atoms with Gasteiger partial charge in [0.25, 0.3) is 5.56 Å². The molecule has 1 aromatic heterocycles. The fraction of sp³-hybridized carbons (Fsp3) is 0.385. The summed E-state index contributed by atoms with van der Waals surface area (Å²) in [4.78, 5) is 20.2. The average molecular weight is 481 g/mol. The van der Waals surface area contributed by atoms with E-state index in [2.05, 4.69) is 53.3 Å². The molecule has 7 nitrogen and oxygen atoms in total. The maximum absolute atomic E-state index is 13.0. The van der Waals surface area contributed by atoms with Gasteiger partial charge in [0, 0.05) is 23.6 Å². The summed E-state index contributed by atoms with van der Waals surface area (Å²) in [5, 5.41) is 4.99. The highest BCUT2D eigenvalue weighted by Gasteiger charge is 2.18. The summed E-state index contributed by atoms with van der Waals surface area (Å²) >= 11 is 5.80. The van der Waals surface area contributed by atoms with Gasteiger partial charge in [-0.2, -0.15) is 0 Å². The van der Waals surface area contributed by atoms with E-state index in [0.29, 0.717) is 41.9 Å². The summed E-state index contributed by atoms with van der Waals surface area (Å²) in [5.74, 6) is 1.36. The molecule has 0 fully saturated rings. The van der Waals surface area contributed by atoms with Crippen LogP contribution in [-0.4, -0.2) is 60.3 Å². The van der Waals surface area contributed by atoms with Crippen molar-refractivity contribution in [1.29, 1.82) is 0 Å². The number of H-pyrrole nitrogens is 1. The summed E-state index contributed by atoms with van der Waals surface area (Å²) in [6.45, 7) is 5.21. The Balaban J connectivity index is 1.56. The molecule has 4 rings (SSSR count). The van der Waals surface area contributed by atoms with Crippen molar-refractivity contribution < 1.29 is 9.47 Å². The van der Waals surface area contributed by atoms with Crippen molar-refractivity contribution in [3.8, 4) is 11.5 Å². The molecule has 1 unspecified atom stereocenters. The molecule has 3 aromatic rings. The van der Waals surface area contributed by atoms with Crippen molar-refractivity contribution in [2.75, 3.05) is 40.4 Å².